The number of aryl methyl sites for hydroxylation is 1. The van der Waals surface area contributed by atoms with E-state index in [9.17, 15) is 9.90 Å². The van der Waals surface area contributed by atoms with E-state index in [0.29, 0.717) is 11.1 Å². The molecule has 0 spiro atoms. The molecule has 5 heteroatoms. The summed E-state index contributed by atoms with van der Waals surface area (Å²) >= 11 is 0. The molecule has 5 nitrogen and oxygen atoms in total. The molecule has 0 aliphatic rings. The molecule has 0 aliphatic heterocycles. The van der Waals surface area contributed by atoms with Crippen molar-refractivity contribution in [2.24, 2.45) is 0 Å². The SMILES string of the molecule is Cc1cc(C(=O)NC(CO)CO)ccc1O. The number of phenols is 1. The molecule has 0 bridgehead atoms. The molecule has 16 heavy (non-hydrogen) atoms. The van der Waals surface area contributed by atoms with Crippen molar-refractivity contribution >= 4 is 5.91 Å². The predicted octanol–water partition coefficient (Wildman–Crippen LogP) is -0.216. The number of amides is 1. The van der Waals surface area contributed by atoms with Gasteiger partial charge in [0.1, 0.15) is 5.75 Å². The Balaban J connectivity index is 2.76. The Morgan fingerprint density at radius 2 is 2.00 bits per heavy atom. The van der Waals surface area contributed by atoms with Crippen molar-refractivity contribution in [2.75, 3.05) is 13.2 Å². The van der Waals surface area contributed by atoms with Crippen molar-refractivity contribution in [1.29, 1.82) is 0 Å². The van der Waals surface area contributed by atoms with Crippen LogP contribution in [0.1, 0.15) is 15.9 Å². The Morgan fingerprint density at radius 3 is 2.50 bits per heavy atom. The molecule has 1 aromatic rings. The van der Waals surface area contributed by atoms with E-state index < -0.39 is 11.9 Å². The largest absolute Gasteiger partial charge is 0.508 e. The van der Waals surface area contributed by atoms with Crippen LogP contribution in [0, 0.1) is 6.92 Å². The minimum absolute atomic E-state index is 0.123. The molecule has 1 amide bonds. The van der Waals surface area contributed by atoms with Gasteiger partial charge in [0, 0.05) is 5.56 Å². The zero-order chi connectivity index (χ0) is 12.1. The summed E-state index contributed by atoms with van der Waals surface area (Å²) in [6.45, 7) is 1.04. The van der Waals surface area contributed by atoms with Crippen molar-refractivity contribution in [2.45, 2.75) is 13.0 Å². The van der Waals surface area contributed by atoms with Gasteiger partial charge in [-0.05, 0) is 30.7 Å². The van der Waals surface area contributed by atoms with Crippen molar-refractivity contribution in [1.82, 2.24) is 5.32 Å². The molecule has 1 aromatic carbocycles. The van der Waals surface area contributed by atoms with E-state index in [1.54, 1.807) is 6.92 Å². The first kappa shape index (κ1) is 12.5. The minimum atomic E-state index is -0.665. The molecule has 0 radical (unpaired) electrons. The van der Waals surface area contributed by atoms with Gasteiger partial charge in [-0.25, -0.2) is 0 Å². The van der Waals surface area contributed by atoms with E-state index in [2.05, 4.69) is 5.32 Å². The highest BCUT2D eigenvalue weighted by Crippen LogP contribution is 2.16. The second-order valence-electron chi connectivity index (χ2n) is 3.54. The lowest BCUT2D eigenvalue weighted by atomic mass is 10.1. The van der Waals surface area contributed by atoms with Crippen LogP contribution in [0.15, 0.2) is 18.2 Å². The molecule has 0 aromatic heterocycles. The van der Waals surface area contributed by atoms with Gasteiger partial charge < -0.3 is 20.6 Å². The molecule has 0 unspecified atom stereocenters. The molecular weight excluding hydrogens is 210 g/mol. The highest BCUT2D eigenvalue weighted by Gasteiger charge is 2.12. The highest BCUT2D eigenvalue weighted by molar-refractivity contribution is 5.94. The number of hydrogen-bond acceptors (Lipinski definition) is 4. The fourth-order valence-electron chi connectivity index (χ4n) is 1.21. The lowest BCUT2D eigenvalue weighted by Gasteiger charge is -2.13. The maximum absolute atomic E-state index is 11.6. The number of aromatic hydroxyl groups is 1. The molecule has 4 N–H and O–H groups in total. The molecule has 0 aliphatic carbocycles. The second kappa shape index (κ2) is 5.48. The summed E-state index contributed by atoms with van der Waals surface area (Å²) < 4.78 is 0. The van der Waals surface area contributed by atoms with Gasteiger partial charge in [0.05, 0.1) is 19.3 Å². The van der Waals surface area contributed by atoms with E-state index in [1.807, 2.05) is 0 Å². The quantitative estimate of drug-likeness (QED) is 0.570. The maximum Gasteiger partial charge on any atom is 0.251 e. The van der Waals surface area contributed by atoms with Gasteiger partial charge in [-0.2, -0.15) is 0 Å². The first-order chi connectivity index (χ1) is 7.58. The van der Waals surface area contributed by atoms with Crippen LogP contribution in [-0.2, 0) is 0 Å². The summed E-state index contributed by atoms with van der Waals surface area (Å²) in [5.74, 6) is -0.270. The number of aliphatic hydroxyl groups excluding tert-OH is 2. The zero-order valence-corrected chi connectivity index (χ0v) is 8.97. The van der Waals surface area contributed by atoms with Gasteiger partial charge in [-0.1, -0.05) is 0 Å². The first-order valence-corrected chi connectivity index (χ1v) is 4.90. The maximum atomic E-state index is 11.6. The van der Waals surface area contributed by atoms with Crippen molar-refractivity contribution in [3.8, 4) is 5.75 Å². The van der Waals surface area contributed by atoms with Crippen LogP contribution < -0.4 is 5.32 Å². The summed E-state index contributed by atoms with van der Waals surface area (Å²) in [5, 5.41) is 29.4. The predicted molar refractivity (Wildman–Crippen MR) is 58.3 cm³/mol. The lowest BCUT2D eigenvalue weighted by Crippen LogP contribution is -2.40. The smallest absolute Gasteiger partial charge is 0.251 e. The zero-order valence-electron chi connectivity index (χ0n) is 8.97. The number of carbonyl (C=O) groups is 1. The summed E-state index contributed by atoms with van der Waals surface area (Å²) in [5.41, 5.74) is 0.972. The van der Waals surface area contributed by atoms with E-state index in [-0.39, 0.29) is 19.0 Å². The van der Waals surface area contributed by atoms with Crippen molar-refractivity contribution in [3.63, 3.8) is 0 Å². The van der Waals surface area contributed by atoms with Crippen LogP contribution in [0.3, 0.4) is 0 Å². The molecule has 88 valence electrons. The first-order valence-electron chi connectivity index (χ1n) is 4.90. The Kier molecular flexibility index (Phi) is 4.28. The molecule has 1 rings (SSSR count). The molecule has 0 fully saturated rings. The van der Waals surface area contributed by atoms with Gasteiger partial charge in [0.15, 0.2) is 0 Å². The summed E-state index contributed by atoms with van der Waals surface area (Å²) in [6, 6.07) is 3.78. The third kappa shape index (κ3) is 2.95. The van der Waals surface area contributed by atoms with Gasteiger partial charge >= 0.3 is 0 Å². The van der Waals surface area contributed by atoms with Crippen LogP contribution in [0.25, 0.3) is 0 Å². The number of nitrogens with one attached hydrogen (secondary N) is 1. The third-order valence-corrected chi connectivity index (χ3v) is 2.23. The average molecular weight is 225 g/mol. The normalized spacial score (nSPS) is 10.5. The van der Waals surface area contributed by atoms with Crippen LogP contribution in [0.5, 0.6) is 5.75 Å². The summed E-state index contributed by atoms with van der Waals surface area (Å²) in [7, 11) is 0. The van der Waals surface area contributed by atoms with Crippen LogP contribution in [-0.4, -0.2) is 40.5 Å². The Hall–Kier alpha value is -1.59. The topological polar surface area (TPSA) is 89.8 Å². The number of phenolic OH excluding ortho intramolecular Hbond substituents is 1. The standard InChI is InChI=1S/C11H15NO4/c1-7-4-8(2-3-10(7)15)11(16)12-9(5-13)6-14/h2-4,9,13-15H,5-6H2,1H3,(H,12,16). The van der Waals surface area contributed by atoms with Crippen LogP contribution in [0.4, 0.5) is 0 Å². The molecule has 0 saturated carbocycles. The summed E-state index contributed by atoms with van der Waals surface area (Å²) in [6.07, 6.45) is 0. The number of benzene rings is 1. The monoisotopic (exact) mass is 225 g/mol. The van der Waals surface area contributed by atoms with Crippen molar-refractivity contribution in [3.05, 3.63) is 29.3 Å². The fraction of sp³-hybridized carbons (Fsp3) is 0.364. The van der Waals surface area contributed by atoms with Gasteiger partial charge in [-0.3, -0.25) is 4.79 Å². The highest BCUT2D eigenvalue weighted by atomic mass is 16.3. The molecule has 0 heterocycles. The number of aliphatic hydroxyl groups is 2. The van der Waals surface area contributed by atoms with Gasteiger partial charge in [0.2, 0.25) is 0 Å². The molecular formula is C11H15NO4. The molecule has 0 saturated heterocycles. The lowest BCUT2D eigenvalue weighted by molar-refractivity contribution is 0.0879. The Morgan fingerprint density at radius 1 is 1.38 bits per heavy atom. The second-order valence-corrected chi connectivity index (χ2v) is 3.54. The van der Waals surface area contributed by atoms with Crippen LogP contribution >= 0.6 is 0 Å². The number of rotatable bonds is 4. The van der Waals surface area contributed by atoms with E-state index in [4.69, 9.17) is 10.2 Å². The average Bonchev–Trinajstić information content (AvgIpc) is 2.29. The van der Waals surface area contributed by atoms with Gasteiger partial charge in [0.25, 0.3) is 5.91 Å². The number of hydrogen-bond donors (Lipinski definition) is 4. The van der Waals surface area contributed by atoms with Gasteiger partial charge in [-0.15, -0.1) is 0 Å². The van der Waals surface area contributed by atoms with E-state index in [0.717, 1.165) is 0 Å². The van der Waals surface area contributed by atoms with Crippen LogP contribution in [0.2, 0.25) is 0 Å². The molecule has 0 atom stereocenters. The Bertz CT molecular complexity index is 374. The van der Waals surface area contributed by atoms with Crippen molar-refractivity contribution < 1.29 is 20.1 Å². The fourth-order valence-corrected chi connectivity index (χ4v) is 1.21. The summed E-state index contributed by atoms with van der Waals surface area (Å²) in [4.78, 5) is 11.6. The minimum Gasteiger partial charge on any atom is -0.508 e. The Labute approximate surface area is 93.4 Å². The third-order valence-electron chi connectivity index (χ3n) is 2.23. The number of carbonyl (C=O) groups excluding carboxylic acids is 1. The van der Waals surface area contributed by atoms with E-state index >= 15 is 0 Å². The van der Waals surface area contributed by atoms with E-state index in [1.165, 1.54) is 18.2 Å².